The fourth-order valence-corrected chi connectivity index (χ4v) is 3.40. The molecule has 0 spiro atoms. The van der Waals surface area contributed by atoms with Crippen molar-refractivity contribution in [2.45, 2.75) is 25.7 Å². The highest BCUT2D eigenvalue weighted by Crippen LogP contribution is 2.23. The number of nitrogens with zero attached hydrogens (tertiary/aromatic N) is 2. The van der Waals surface area contributed by atoms with Gasteiger partial charge in [-0.25, -0.2) is 4.79 Å². The van der Waals surface area contributed by atoms with E-state index in [0.717, 1.165) is 21.3 Å². The Bertz CT molecular complexity index is 1310. The summed E-state index contributed by atoms with van der Waals surface area (Å²) in [5, 5.41) is 0. The summed E-state index contributed by atoms with van der Waals surface area (Å²) in [6.07, 6.45) is -5.51. The summed E-state index contributed by atoms with van der Waals surface area (Å²) >= 11 is 0. The van der Waals surface area contributed by atoms with Gasteiger partial charge in [0, 0.05) is 19.9 Å². The standard InChI is InChI=1S/C23H22F3N3O5/c1-28-20(27)19(12-16(30)10-15-4-3-5-18(11-15)34-23(24,25)26)21(31)29(22(28)32)13-14-6-8-17(33-2)9-7-14/h3-9,11H,10,12-13,27H2,1-2H3. The number of carbonyl (C=O) groups is 1. The Morgan fingerprint density at radius 2 is 1.68 bits per heavy atom. The van der Waals surface area contributed by atoms with Crippen LogP contribution in [0, 0.1) is 0 Å². The Morgan fingerprint density at radius 3 is 2.29 bits per heavy atom. The Kier molecular flexibility index (Phi) is 7.14. The van der Waals surface area contributed by atoms with Gasteiger partial charge >= 0.3 is 12.1 Å². The summed E-state index contributed by atoms with van der Waals surface area (Å²) in [7, 11) is 2.89. The zero-order valence-corrected chi connectivity index (χ0v) is 18.4. The quantitative estimate of drug-likeness (QED) is 0.534. The number of aromatic nitrogens is 2. The van der Waals surface area contributed by atoms with E-state index in [-0.39, 0.29) is 29.9 Å². The molecule has 0 saturated carbocycles. The van der Waals surface area contributed by atoms with Gasteiger partial charge in [0.1, 0.15) is 23.1 Å². The summed E-state index contributed by atoms with van der Waals surface area (Å²) < 4.78 is 48.3. The number of ketones is 1. The molecule has 11 heteroatoms. The average molecular weight is 477 g/mol. The van der Waals surface area contributed by atoms with Gasteiger partial charge in [0.25, 0.3) is 5.56 Å². The van der Waals surface area contributed by atoms with Crippen LogP contribution in [0.1, 0.15) is 16.7 Å². The lowest BCUT2D eigenvalue weighted by Gasteiger charge is -2.14. The van der Waals surface area contributed by atoms with Crippen molar-refractivity contribution in [2.24, 2.45) is 7.05 Å². The normalized spacial score (nSPS) is 11.3. The van der Waals surface area contributed by atoms with Gasteiger partial charge in [-0.2, -0.15) is 0 Å². The first-order valence-corrected chi connectivity index (χ1v) is 10.1. The third-order valence-corrected chi connectivity index (χ3v) is 5.10. The van der Waals surface area contributed by atoms with Gasteiger partial charge in [-0.3, -0.25) is 18.7 Å². The molecule has 0 aliphatic heterocycles. The minimum Gasteiger partial charge on any atom is -0.497 e. The Balaban J connectivity index is 1.85. The lowest BCUT2D eigenvalue weighted by Crippen LogP contribution is -2.42. The first kappa shape index (κ1) is 24.6. The molecule has 3 rings (SSSR count). The molecule has 2 N–H and O–H groups in total. The molecule has 8 nitrogen and oxygen atoms in total. The molecule has 0 aliphatic carbocycles. The highest BCUT2D eigenvalue weighted by atomic mass is 19.4. The number of carbonyl (C=O) groups excluding carboxylic acids is 1. The zero-order valence-electron chi connectivity index (χ0n) is 18.4. The molecule has 1 heterocycles. The van der Waals surface area contributed by atoms with Crippen molar-refractivity contribution in [3.63, 3.8) is 0 Å². The SMILES string of the molecule is COc1ccc(Cn2c(=O)c(CC(=O)Cc3cccc(OC(F)(F)F)c3)c(N)n(C)c2=O)cc1. The lowest BCUT2D eigenvalue weighted by molar-refractivity contribution is -0.274. The van der Waals surface area contributed by atoms with Crippen molar-refractivity contribution < 1.29 is 27.4 Å². The van der Waals surface area contributed by atoms with Crippen LogP contribution in [0.25, 0.3) is 0 Å². The number of alkyl halides is 3. The van der Waals surface area contributed by atoms with Gasteiger partial charge < -0.3 is 15.2 Å². The van der Waals surface area contributed by atoms with Gasteiger partial charge in [0.2, 0.25) is 0 Å². The maximum absolute atomic E-state index is 13.0. The fourth-order valence-electron chi connectivity index (χ4n) is 3.40. The summed E-state index contributed by atoms with van der Waals surface area (Å²) in [4.78, 5) is 38.3. The predicted molar refractivity (Wildman–Crippen MR) is 118 cm³/mol. The van der Waals surface area contributed by atoms with Crippen molar-refractivity contribution in [3.8, 4) is 11.5 Å². The van der Waals surface area contributed by atoms with Crippen LogP contribution in [0.3, 0.4) is 0 Å². The summed E-state index contributed by atoms with van der Waals surface area (Å²) in [5.41, 5.74) is 5.46. The number of benzene rings is 2. The third kappa shape index (κ3) is 5.85. The first-order chi connectivity index (χ1) is 16.0. The molecular formula is C23H22F3N3O5. The number of hydrogen-bond donors (Lipinski definition) is 1. The third-order valence-electron chi connectivity index (χ3n) is 5.10. The smallest absolute Gasteiger partial charge is 0.497 e. The monoisotopic (exact) mass is 477 g/mol. The minimum absolute atomic E-state index is 0.0478. The van der Waals surface area contributed by atoms with E-state index in [1.807, 2.05) is 0 Å². The van der Waals surface area contributed by atoms with E-state index in [0.29, 0.717) is 11.3 Å². The molecule has 34 heavy (non-hydrogen) atoms. The molecule has 180 valence electrons. The number of ether oxygens (including phenoxy) is 2. The molecule has 0 atom stereocenters. The van der Waals surface area contributed by atoms with Crippen LogP contribution in [0.4, 0.5) is 19.0 Å². The van der Waals surface area contributed by atoms with Crippen LogP contribution in [0.2, 0.25) is 0 Å². The highest BCUT2D eigenvalue weighted by molar-refractivity contribution is 5.84. The van der Waals surface area contributed by atoms with Crippen molar-refractivity contribution >= 4 is 11.6 Å². The van der Waals surface area contributed by atoms with Crippen LogP contribution in [0.15, 0.2) is 58.1 Å². The fraction of sp³-hybridized carbons (Fsp3) is 0.261. The van der Waals surface area contributed by atoms with Gasteiger partial charge in [0.15, 0.2) is 0 Å². The number of methoxy groups -OCH3 is 1. The molecule has 2 aromatic carbocycles. The molecule has 0 saturated heterocycles. The minimum atomic E-state index is -4.86. The van der Waals surface area contributed by atoms with E-state index >= 15 is 0 Å². The van der Waals surface area contributed by atoms with E-state index in [9.17, 15) is 27.6 Å². The number of nitrogen functional groups attached to an aromatic ring is 1. The van der Waals surface area contributed by atoms with Crippen LogP contribution in [-0.2, 0) is 31.2 Å². The first-order valence-electron chi connectivity index (χ1n) is 10.1. The molecular weight excluding hydrogens is 455 g/mol. The predicted octanol–water partition coefficient (Wildman–Crippen LogP) is 2.44. The Morgan fingerprint density at radius 1 is 1.00 bits per heavy atom. The van der Waals surface area contributed by atoms with Crippen molar-refractivity contribution in [3.05, 3.63) is 86.1 Å². The van der Waals surface area contributed by atoms with Crippen LogP contribution >= 0.6 is 0 Å². The summed E-state index contributed by atoms with van der Waals surface area (Å²) in [5.74, 6) is -0.468. The summed E-state index contributed by atoms with van der Waals surface area (Å²) in [6, 6.07) is 11.8. The summed E-state index contributed by atoms with van der Waals surface area (Å²) in [6.45, 7) is -0.0478. The van der Waals surface area contributed by atoms with Gasteiger partial charge in [0.05, 0.1) is 19.2 Å². The van der Waals surface area contributed by atoms with Gasteiger partial charge in [-0.1, -0.05) is 24.3 Å². The molecule has 0 amide bonds. The second-order valence-electron chi connectivity index (χ2n) is 7.53. The molecule has 0 radical (unpaired) electrons. The number of halogens is 3. The largest absolute Gasteiger partial charge is 0.573 e. The molecule has 1 aromatic heterocycles. The maximum atomic E-state index is 13.0. The van der Waals surface area contributed by atoms with Crippen molar-refractivity contribution in [2.75, 3.05) is 12.8 Å². The van der Waals surface area contributed by atoms with E-state index < -0.39 is 35.6 Å². The van der Waals surface area contributed by atoms with E-state index in [2.05, 4.69) is 4.74 Å². The maximum Gasteiger partial charge on any atom is 0.573 e. The number of anilines is 1. The van der Waals surface area contributed by atoms with Crippen LogP contribution in [0.5, 0.6) is 11.5 Å². The average Bonchev–Trinajstić information content (AvgIpc) is 2.78. The topological polar surface area (TPSA) is 106 Å². The second kappa shape index (κ2) is 9.86. The van der Waals surface area contributed by atoms with E-state index in [4.69, 9.17) is 10.5 Å². The molecule has 0 bridgehead atoms. The molecule has 0 unspecified atom stereocenters. The zero-order chi connectivity index (χ0) is 25.0. The van der Waals surface area contributed by atoms with Crippen LogP contribution < -0.4 is 26.5 Å². The van der Waals surface area contributed by atoms with Crippen molar-refractivity contribution in [1.29, 1.82) is 0 Å². The molecule has 0 fully saturated rings. The lowest BCUT2D eigenvalue weighted by atomic mass is 10.0. The Hall–Kier alpha value is -4.02. The second-order valence-corrected chi connectivity index (χ2v) is 7.53. The van der Waals surface area contributed by atoms with Crippen LogP contribution in [-0.4, -0.2) is 28.4 Å². The number of nitrogens with two attached hydrogens (primary N) is 1. The van der Waals surface area contributed by atoms with Gasteiger partial charge in [-0.15, -0.1) is 13.2 Å². The number of hydrogen-bond acceptors (Lipinski definition) is 6. The van der Waals surface area contributed by atoms with Crippen molar-refractivity contribution in [1.82, 2.24) is 9.13 Å². The van der Waals surface area contributed by atoms with E-state index in [1.165, 1.54) is 26.3 Å². The van der Waals surface area contributed by atoms with Gasteiger partial charge in [-0.05, 0) is 35.4 Å². The molecule has 0 aliphatic rings. The highest BCUT2D eigenvalue weighted by Gasteiger charge is 2.31. The number of rotatable bonds is 8. The molecule has 3 aromatic rings. The Labute approximate surface area is 192 Å². The van der Waals surface area contributed by atoms with E-state index in [1.54, 1.807) is 24.3 Å². The number of Topliss-reactive ketones (excluding diaryl/α,β-unsaturated/α-hetero) is 1.